The molecule has 1 heteroatoms. The number of Topliss-reactive ketones (excluding diaryl/α,β-unsaturated/α-hetero) is 1. The highest BCUT2D eigenvalue weighted by Gasteiger charge is 2.28. The molecule has 1 unspecified atom stereocenters. The number of carbonyl (C=O) groups is 1. The van der Waals surface area contributed by atoms with Gasteiger partial charge in [-0.3, -0.25) is 4.79 Å². The summed E-state index contributed by atoms with van der Waals surface area (Å²) in [4.78, 5) is 11.0. The summed E-state index contributed by atoms with van der Waals surface area (Å²) in [5.41, 5.74) is 1.18. The molecule has 0 spiro atoms. The molecule has 0 saturated heterocycles. The maximum Gasteiger partial charge on any atom is 0.140 e. The molecule has 2 rings (SSSR count). The third kappa shape index (κ3) is 1.07. The van der Waals surface area contributed by atoms with E-state index in [1.807, 2.05) is 30.3 Å². The van der Waals surface area contributed by atoms with Crippen LogP contribution in [0.1, 0.15) is 24.3 Å². The lowest BCUT2D eigenvalue weighted by Crippen LogP contribution is -2.22. The fourth-order valence-corrected chi connectivity index (χ4v) is 1.44. The van der Waals surface area contributed by atoms with Crippen molar-refractivity contribution in [3.05, 3.63) is 35.9 Å². The topological polar surface area (TPSA) is 17.1 Å². The summed E-state index contributed by atoms with van der Waals surface area (Å²) in [5, 5.41) is 0. The Hall–Kier alpha value is -1.11. The molecule has 0 aromatic heterocycles. The van der Waals surface area contributed by atoms with E-state index in [9.17, 15) is 4.79 Å². The summed E-state index contributed by atoms with van der Waals surface area (Å²) in [6.45, 7) is 0. The minimum absolute atomic E-state index is 0.219. The second kappa shape index (κ2) is 2.50. The first-order valence-electron chi connectivity index (χ1n) is 3.95. The van der Waals surface area contributed by atoms with Crippen LogP contribution in [-0.2, 0) is 4.79 Å². The van der Waals surface area contributed by atoms with Crippen molar-refractivity contribution in [1.82, 2.24) is 0 Å². The second-order valence-electron chi connectivity index (χ2n) is 2.97. The van der Waals surface area contributed by atoms with E-state index in [2.05, 4.69) is 0 Å². The highest BCUT2D eigenvalue weighted by molar-refractivity contribution is 5.91. The molecule has 0 radical (unpaired) electrons. The lowest BCUT2D eigenvalue weighted by molar-refractivity contribution is -0.125. The molecule has 1 nitrogen and oxygen atoms in total. The van der Waals surface area contributed by atoms with Crippen molar-refractivity contribution in [3.63, 3.8) is 0 Å². The third-order valence-corrected chi connectivity index (χ3v) is 2.27. The number of ketones is 1. The Balaban J connectivity index is 2.23. The van der Waals surface area contributed by atoms with Crippen molar-refractivity contribution in [3.8, 4) is 0 Å². The maximum absolute atomic E-state index is 11.0. The summed E-state index contributed by atoms with van der Waals surface area (Å²) in [6.07, 6.45) is 1.82. The Morgan fingerprint density at radius 2 is 1.91 bits per heavy atom. The molecule has 0 N–H and O–H groups in total. The lowest BCUT2D eigenvalue weighted by Gasteiger charge is -2.23. The van der Waals surface area contributed by atoms with Gasteiger partial charge in [-0.25, -0.2) is 0 Å². The van der Waals surface area contributed by atoms with E-state index in [4.69, 9.17) is 0 Å². The standard InChI is InChI=1S/C10H10O/c11-10-7-6-9(10)8-4-2-1-3-5-8/h1-5,9H,6-7H2. The van der Waals surface area contributed by atoms with Crippen molar-refractivity contribution >= 4 is 5.78 Å². The third-order valence-electron chi connectivity index (χ3n) is 2.27. The van der Waals surface area contributed by atoms with Crippen LogP contribution in [0.4, 0.5) is 0 Å². The van der Waals surface area contributed by atoms with Crippen molar-refractivity contribution in [2.45, 2.75) is 18.8 Å². The van der Waals surface area contributed by atoms with Crippen LogP contribution in [0.5, 0.6) is 0 Å². The predicted molar refractivity (Wildman–Crippen MR) is 43.4 cm³/mol. The Morgan fingerprint density at radius 3 is 2.36 bits per heavy atom. The Kier molecular flexibility index (Phi) is 1.50. The molecule has 11 heavy (non-hydrogen) atoms. The van der Waals surface area contributed by atoms with E-state index in [-0.39, 0.29) is 5.92 Å². The van der Waals surface area contributed by atoms with Gasteiger partial charge in [0.2, 0.25) is 0 Å². The zero-order valence-corrected chi connectivity index (χ0v) is 6.29. The molecule has 0 aliphatic heterocycles. The normalized spacial score (nSPS) is 22.9. The van der Waals surface area contributed by atoms with E-state index >= 15 is 0 Å². The van der Waals surface area contributed by atoms with Crippen LogP contribution in [0.25, 0.3) is 0 Å². The molecule has 1 saturated carbocycles. The number of carbonyl (C=O) groups excluding carboxylic acids is 1. The zero-order valence-electron chi connectivity index (χ0n) is 6.29. The molecule has 1 aromatic carbocycles. The van der Waals surface area contributed by atoms with Crippen LogP contribution in [0.3, 0.4) is 0 Å². The summed E-state index contributed by atoms with van der Waals surface area (Å²) < 4.78 is 0. The summed E-state index contributed by atoms with van der Waals surface area (Å²) in [5.74, 6) is 0.618. The Bertz CT molecular complexity index is 263. The van der Waals surface area contributed by atoms with Crippen molar-refractivity contribution < 1.29 is 4.79 Å². The van der Waals surface area contributed by atoms with Gasteiger partial charge in [0.05, 0.1) is 0 Å². The van der Waals surface area contributed by atoms with Crippen molar-refractivity contribution in [2.75, 3.05) is 0 Å². The smallest absolute Gasteiger partial charge is 0.140 e. The Labute approximate surface area is 66.0 Å². The molecular formula is C10H10O. The molecule has 1 fully saturated rings. The minimum Gasteiger partial charge on any atom is -0.299 e. The Morgan fingerprint density at radius 1 is 1.18 bits per heavy atom. The highest BCUT2D eigenvalue weighted by atomic mass is 16.1. The molecule has 56 valence electrons. The van der Waals surface area contributed by atoms with E-state index in [0.717, 1.165) is 12.8 Å². The number of hydrogen-bond donors (Lipinski definition) is 0. The largest absolute Gasteiger partial charge is 0.299 e. The maximum atomic E-state index is 11.0. The molecule has 0 heterocycles. The molecule has 1 aromatic rings. The fourth-order valence-electron chi connectivity index (χ4n) is 1.44. The second-order valence-corrected chi connectivity index (χ2v) is 2.97. The monoisotopic (exact) mass is 146 g/mol. The first kappa shape index (κ1) is 6.59. The average molecular weight is 146 g/mol. The van der Waals surface area contributed by atoms with Gasteiger partial charge in [-0.2, -0.15) is 0 Å². The van der Waals surface area contributed by atoms with Crippen LogP contribution in [0.15, 0.2) is 30.3 Å². The summed E-state index contributed by atoms with van der Waals surface area (Å²) in [7, 11) is 0. The molecular weight excluding hydrogens is 136 g/mol. The van der Waals surface area contributed by atoms with Gasteiger partial charge in [-0.1, -0.05) is 30.3 Å². The summed E-state index contributed by atoms with van der Waals surface area (Å²) in [6, 6.07) is 10.0. The van der Waals surface area contributed by atoms with Crippen LogP contribution in [0.2, 0.25) is 0 Å². The summed E-state index contributed by atoms with van der Waals surface area (Å²) >= 11 is 0. The first-order chi connectivity index (χ1) is 5.38. The van der Waals surface area contributed by atoms with E-state index in [1.54, 1.807) is 0 Å². The van der Waals surface area contributed by atoms with Gasteiger partial charge < -0.3 is 0 Å². The van der Waals surface area contributed by atoms with Gasteiger partial charge in [-0.05, 0) is 12.0 Å². The van der Waals surface area contributed by atoms with Gasteiger partial charge in [0.25, 0.3) is 0 Å². The SMILES string of the molecule is O=C1CCC1c1ccccc1. The highest BCUT2D eigenvalue weighted by Crippen LogP contribution is 2.32. The van der Waals surface area contributed by atoms with E-state index in [0.29, 0.717) is 5.78 Å². The first-order valence-corrected chi connectivity index (χ1v) is 3.95. The van der Waals surface area contributed by atoms with E-state index in [1.165, 1.54) is 5.56 Å². The van der Waals surface area contributed by atoms with Gasteiger partial charge in [0.15, 0.2) is 0 Å². The number of hydrogen-bond acceptors (Lipinski definition) is 1. The zero-order chi connectivity index (χ0) is 7.68. The molecule has 1 aliphatic carbocycles. The van der Waals surface area contributed by atoms with Gasteiger partial charge >= 0.3 is 0 Å². The lowest BCUT2D eigenvalue weighted by atomic mass is 9.79. The molecule has 0 amide bonds. The van der Waals surface area contributed by atoms with Gasteiger partial charge in [0, 0.05) is 12.3 Å². The predicted octanol–water partition coefficient (Wildman–Crippen LogP) is 2.13. The average Bonchev–Trinajstić information content (AvgIpc) is 2.04. The van der Waals surface area contributed by atoms with Gasteiger partial charge in [0.1, 0.15) is 5.78 Å². The molecule has 0 bridgehead atoms. The van der Waals surface area contributed by atoms with E-state index < -0.39 is 0 Å². The van der Waals surface area contributed by atoms with Crippen LogP contribution in [0, 0.1) is 0 Å². The van der Waals surface area contributed by atoms with Gasteiger partial charge in [-0.15, -0.1) is 0 Å². The van der Waals surface area contributed by atoms with Crippen molar-refractivity contribution in [1.29, 1.82) is 0 Å². The van der Waals surface area contributed by atoms with Crippen LogP contribution >= 0.6 is 0 Å². The quantitative estimate of drug-likeness (QED) is 0.593. The number of benzene rings is 1. The fraction of sp³-hybridized carbons (Fsp3) is 0.300. The van der Waals surface area contributed by atoms with Crippen LogP contribution < -0.4 is 0 Å². The molecule has 1 atom stereocenters. The van der Waals surface area contributed by atoms with Crippen LogP contribution in [-0.4, -0.2) is 5.78 Å². The minimum atomic E-state index is 0.219. The number of rotatable bonds is 1. The van der Waals surface area contributed by atoms with Crippen molar-refractivity contribution in [2.24, 2.45) is 0 Å². The molecule has 1 aliphatic rings.